The van der Waals surface area contributed by atoms with Gasteiger partial charge in [-0.3, -0.25) is 4.79 Å². The molecule has 0 saturated heterocycles. The summed E-state index contributed by atoms with van der Waals surface area (Å²) in [6, 6.07) is 9.04. The highest BCUT2D eigenvalue weighted by molar-refractivity contribution is 6.04. The van der Waals surface area contributed by atoms with E-state index >= 15 is 0 Å². The summed E-state index contributed by atoms with van der Waals surface area (Å²) in [6.07, 6.45) is 6.14. The van der Waals surface area contributed by atoms with Crippen LogP contribution in [0.4, 0.5) is 11.6 Å². The minimum Gasteiger partial charge on any atom is -0.497 e. The number of aromatic nitrogens is 2. The number of rotatable bonds is 6. The average Bonchev–Trinajstić information content (AvgIpc) is 2.69. The number of benzene rings is 1. The van der Waals surface area contributed by atoms with Gasteiger partial charge in [-0.2, -0.15) is 0 Å². The molecule has 1 aliphatic carbocycles. The third kappa shape index (κ3) is 4.62. The predicted molar refractivity (Wildman–Crippen MR) is 100 cm³/mol. The maximum atomic E-state index is 12.4. The van der Waals surface area contributed by atoms with Gasteiger partial charge >= 0.3 is 0 Å². The van der Waals surface area contributed by atoms with E-state index in [2.05, 4.69) is 20.8 Å². The Morgan fingerprint density at radius 3 is 2.15 bits per heavy atom. The molecule has 1 aromatic heterocycles. The minimum atomic E-state index is -0.301. The lowest BCUT2D eigenvalue weighted by Gasteiger charge is -2.22. The zero-order valence-electron chi connectivity index (χ0n) is 15.1. The highest BCUT2D eigenvalue weighted by Gasteiger charge is 2.14. The molecule has 1 amide bonds. The molecule has 0 bridgehead atoms. The molecule has 1 heterocycles. The van der Waals surface area contributed by atoms with Crippen LogP contribution < -0.4 is 20.1 Å². The van der Waals surface area contributed by atoms with Crippen molar-refractivity contribution >= 4 is 17.5 Å². The molecule has 0 spiro atoms. The van der Waals surface area contributed by atoms with E-state index in [0.29, 0.717) is 28.9 Å². The van der Waals surface area contributed by atoms with Crippen molar-refractivity contribution in [3.63, 3.8) is 0 Å². The van der Waals surface area contributed by atoms with Gasteiger partial charge in [0.2, 0.25) is 0 Å². The quantitative estimate of drug-likeness (QED) is 0.824. The maximum Gasteiger partial charge on any atom is 0.257 e. The molecule has 2 aromatic rings. The van der Waals surface area contributed by atoms with Gasteiger partial charge in [-0.1, -0.05) is 19.3 Å². The first-order valence-corrected chi connectivity index (χ1v) is 8.82. The van der Waals surface area contributed by atoms with Crippen molar-refractivity contribution in [1.29, 1.82) is 0 Å². The highest BCUT2D eigenvalue weighted by Crippen LogP contribution is 2.23. The van der Waals surface area contributed by atoms with Crippen molar-refractivity contribution < 1.29 is 14.3 Å². The first-order chi connectivity index (χ1) is 12.7. The van der Waals surface area contributed by atoms with Gasteiger partial charge in [0.1, 0.15) is 17.3 Å². The second kappa shape index (κ2) is 8.51. The first-order valence-electron chi connectivity index (χ1n) is 8.82. The summed E-state index contributed by atoms with van der Waals surface area (Å²) >= 11 is 0. The maximum absolute atomic E-state index is 12.4. The number of anilines is 2. The third-order valence-electron chi connectivity index (χ3n) is 4.48. The second-order valence-electron chi connectivity index (χ2n) is 6.34. The van der Waals surface area contributed by atoms with Gasteiger partial charge in [-0.25, -0.2) is 0 Å². The van der Waals surface area contributed by atoms with Gasteiger partial charge in [0.15, 0.2) is 5.82 Å². The van der Waals surface area contributed by atoms with Crippen LogP contribution in [0.3, 0.4) is 0 Å². The highest BCUT2D eigenvalue weighted by atomic mass is 16.5. The van der Waals surface area contributed by atoms with Gasteiger partial charge in [0, 0.05) is 17.7 Å². The van der Waals surface area contributed by atoms with E-state index in [1.54, 1.807) is 38.5 Å². The van der Waals surface area contributed by atoms with Gasteiger partial charge in [-0.15, -0.1) is 10.2 Å². The van der Waals surface area contributed by atoms with Crippen LogP contribution >= 0.6 is 0 Å². The summed E-state index contributed by atoms with van der Waals surface area (Å²) in [6.45, 7) is 0. The molecule has 0 unspecified atom stereocenters. The molecule has 138 valence electrons. The summed E-state index contributed by atoms with van der Waals surface area (Å²) in [5.41, 5.74) is 0.424. The Morgan fingerprint density at radius 1 is 0.962 bits per heavy atom. The predicted octanol–water partition coefficient (Wildman–Crippen LogP) is 3.49. The molecule has 2 N–H and O–H groups in total. The van der Waals surface area contributed by atoms with Crippen LogP contribution in [0.25, 0.3) is 0 Å². The third-order valence-corrected chi connectivity index (χ3v) is 4.48. The van der Waals surface area contributed by atoms with Crippen LogP contribution in [0.1, 0.15) is 42.5 Å². The zero-order valence-corrected chi connectivity index (χ0v) is 15.1. The lowest BCUT2D eigenvalue weighted by molar-refractivity contribution is 0.102. The Kier molecular flexibility index (Phi) is 5.88. The Hall–Kier alpha value is -2.83. The monoisotopic (exact) mass is 356 g/mol. The summed E-state index contributed by atoms with van der Waals surface area (Å²) in [5, 5.41) is 14.4. The van der Waals surface area contributed by atoms with Crippen LogP contribution in [-0.2, 0) is 0 Å². The summed E-state index contributed by atoms with van der Waals surface area (Å²) in [4.78, 5) is 12.4. The van der Waals surface area contributed by atoms with Gasteiger partial charge in [0.05, 0.1) is 14.2 Å². The van der Waals surface area contributed by atoms with Crippen LogP contribution in [0.5, 0.6) is 11.5 Å². The standard InChI is InChI=1S/C19H24N4O3/c1-25-15-10-13(11-16(12-15)26-2)19(24)21-18-9-8-17(22-23-18)20-14-6-4-3-5-7-14/h8-12,14H,3-7H2,1-2H3,(H,20,22)(H,21,23,24). The normalized spacial score (nSPS) is 14.5. The number of nitrogens with zero attached hydrogens (tertiary/aromatic N) is 2. The number of amides is 1. The number of carbonyl (C=O) groups is 1. The lowest BCUT2D eigenvalue weighted by atomic mass is 9.95. The van der Waals surface area contributed by atoms with E-state index in [9.17, 15) is 4.79 Å². The van der Waals surface area contributed by atoms with Crippen molar-refractivity contribution in [2.24, 2.45) is 0 Å². The summed E-state index contributed by atoms with van der Waals surface area (Å²) in [5.74, 6) is 1.92. The van der Waals surface area contributed by atoms with E-state index in [1.807, 2.05) is 6.07 Å². The van der Waals surface area contributed by atoms with E-state index in [4.69, 9.17) is 9.47 Å². The van der Waals surface area contributed by atoms with E-state index < -0.39 is 0 Å². The molecule has 1 aromatic carbocycles. The molecule has 0 atom stereocenters. The summed E-state index contributed by atoms with van der Waals surface area (Å²) < 4.78 is 10.4. The average molecular weight is 356 g/mol. The van der Waals surface area contributed by atoms with E-state index in [-0.39, 0.29) is 5.91 Å². The van der Waals surface area contributed by atoms with Crippen molar-refractivity contribution in [2.45, 2.75) is 38.1 Å². The number of hydrogen-bond donors (Lipinski definition) is 2. The largest absolute Gasteiger partial charge is 0.497 e. The fraction of sp³-hybridized carbons (Fsp3) is 0.421. The Labute approximate surface area is 153 Å². The molecule has 26 heavy (non-hydrogen) atoms. The Morgan fingerprint density at radius 2 is 1.58 bits per heavy atom. The Bertz CT molecular complexity index is 721. The van der Waals surface area contributed by atoms with E-state index in [1.165, 1.54) is 19.3 Å². The molecular formula is C19H24N4O3. The SMILES string of the molecule is COc1cc(OC)cc(C(=O)Nc2ccc(NC3CCCCC3)nn2)c1. The van der Waals surface area contributed by atoms with Gasteiger partial charge in [-0.05, 0) is 37.1 Å². The first kappa shape index (κ1) is 18.0. The minimum absolute atomic E-state index is 0.301. The molecule has 3 rings (SSSR count). The molecule has 0 radical (unpaired) electrons. The van der Waals surface area contributed by atoms with Crippen LogP contribution in [-0.4, -0.2) is 36.4 Å². The lowest BCUT2D eigenvalue weighted by Crippen LogP contribution is -2.23. The van der Waals surface area contributed by atoms with Gasteiger partial charge in [0.25, 0.3) is 5.91 Å². The van der Waals surface area contributed by atoms with Crippen molar-refractivity contribution in [3.05, 3.63) is 35.9 Å². The van der Waals surface area contributed by atoms with Crippen LogP contribution in [0.2, 0.25) is 0 Å². The molecule has 1 fully saturated rings. The van der Waals surface area contributed by atoms with Crippen LogP contribution in [0, 0.1) is 0 Å². The fourth-order valence-corrected chi connectivity index (χ4v) is 3.06. The molecule has 0 aliphatic heterocycles. The number of ether oxygens (including phenoxy) is 2. The number of carbonyl (C=O) groups excluding carboxylic acids is 1. The Balaban J connectivity index is 1.64. The van der Waals surface area contributed by atoms with Gasteiger partial charge < -0.3 is 20.1 Å². The second-order valence-corrected chi connectivity index (χ2v) is 6.34. The van der Waals surface area contributed by atoms with Crippen molar-refractivity contribution in [2.75, 3.05) is 24.9 Å². The van der Waals surface area contributed by atoms with Crippen molar-refractivity contribution in [3.8, 4) is 11.5 Å². The fourth-order valence-electron chi connectivity index (χ4n) is 3.06. The molecule has 1 aliphatic rings. The molecule has 1 saturated carbocycles. The van der Waals surface area contributed by atoms with Crippen LogP contribution in [0.15, 0.2) is 30.3 Å². The number of hydrogen-bond acceptors (Lipinski definition) is 6. The molecular weight excluding hydrogens is 332 g/mol. The smallest absolute Gasteiger partial charge is 0.257 e. The zero-order chi connectivity index (χ0) is 18.4. The van der Waals surface area contributed by atoms with E-state index in [0.717, 1.165) is 18.7 Å². The number of nitrogens with one attached hydrogen (secondary N) is 2. The summed E-state index contributed by atoms with van der Waals surface area (Å²) in [7, 11) is 3.08. The van der Waals surface area contributed by atoms with Crippen molar-refractivity contribution in [1.82, 2.24) is 10.2 Å². The topological polar surface area (TPSA) is 85.4 Å². The number of methoxy groups -OCH3 is 2. The molecule has 7 heteroatoms. The molecule has 7 nitrogen and oxygen atoms in total.